The Morgan fingerprint density at radius 1 is 1.29 bits per heavy atom. The molecule has 0 spiro atoms. The number of ether oxygens (including phenoxy) is 1. The third kappa shape index (κ3) is 3.18. The van der Waals surface area contributed by atoms with Crippen molar-refractivity contribution in [1.82, 2.24) is 15.0 Å². The van der Waals surface area contributed by atoms with Crippen molar-refractivity contribution in [3.05, 3.63) is 0 Å². The van der Waals surface area contributed by atoms with Gasteiger partial charge in [-0.3, -0.25) is 0 Å². The zero-order valence-electron chi connectivity index (χ0n) is 10.5. The van der Waals surface area contributed by atoms with Gasteiger partial charge < -0.3 is 15.8 Å². The maximum absolute atomic E-state index is 5.62. The molecule has 6 heteroatoms. The smallest absolute Gasteiger partial charge is 0.323 e. The summed E-state index contributed by atoms with van der Waals surface area (Å²) >= 11 is 0. The van der Waals surface area contributed by atoms with Crippen LogP contribution in [0.4, 0.5) is 11.9 Å². The van der Waals surface area contributed by atoms with E-state index in [1.54, 1.807) is 0 Å². The minimum absolute atomic E-state index is 0.0216. The van der Waals surface area contributed by atoms with Gasteiger partial charge in [0, 0.05) is 6.04 Å². The molecule has 3 N–H and O–H groups in total. The number of nitrogens with two attached hydrogens (primary N) is 1. The van der Waals surface area contributed by atoms with E-state index in [0.717, 1.165) is 18.8 Å². The van der Waals surface area contributed by atoms with Crippen molar-refractivity contribution in [1.29, 1.82) is 0 Å². The Morgan fingerprint density at radius 3 is 2.59 bits per heavy atom. The van der Waals surface area contributed by atoms with Crippen molar-refractivity contribution in [2.24, 2.45) is 5.92 Å². The molecule has 0 bridgehead atoms. The largest absolute Gasteiger partial charge is 0.461 e. The Balaban J connectivity index is 2.03. The molecular formula is C11H19N5O. The monoisotopic (exact) mass is 237 g/mol. The van der Waals surface area contributed by atoms with Crippen LogP contribution in [0.5, 0.6) is 6.01 Å². The summed E-state index contributed by atoms with van der Waals surface area (Å²) in [5.74, 6) is 1.47. The van der Waals surface area contributed by atoms with Gasteiger partial charge in [-0.2, -0.15) is 15.0 Å². The zero-order valence-corrected chi connectivity index (χ0v) is 10.5. The first-order valence-electron chi connectivity index (χ1n) is 5.97. The van der Waals surface area contributed by atoms with Gasteiger partial charge in [-0.15, -0.1) is 0 Å². The van der Waals surface area contributed by atoms with Gasteiger partial charge in [-0.1, -0.05) is 6.92 Å². The van der Waals surface area contributed by atoms with E-state index in [9.17, 15) is 0 Å². The van der Waals surface area contributed by atoms with E-state index in [2.05, 4.69) is 27.2 Å². The lowest BCUT2D eigenvalue weighted by Crippen LogP contribution is -2.34. The third-order valence-corrected chi connectivity index (χ3v) is 2.68. The zero-order chi connectivity index (χ0) is 12.4. The lowest BCUT2D eigenvalue weighted by atomic mass is 9.82. The first-order chi connectivity index (χ1) is 8.02. The van der Waals surface area contributed by atoms with Gasteiger partial charge in [0.1, 0.15) is 0 Å². The average molecular weight is 237 g/mol. The Hall–Kier alpha value is -1.59. The number of anilines is 2. The maximum atomic E-state index is 5.62. The molecule has 6 nitrogen and oxygen atoms in total. The molecule has 0 aliphatic heterocycles. The van der Waals surface area contributed by atoms with Gasteiger partial charge in [0.05, 0.1) is 6.10 Å². The van der Waals surface area contributed by atoms with Crippen LogP contribution in [0.1, 0.15) is 33.6 Å². The van der Waals surface area contributed by atoms with Crippen LogP contribution in [-0.4, -0.2) is 27.1 Å². The molecule has 1 aromatic heterocycles. The second-order valence-corrected chi connectivity index (χ2v) is 4.88. The Morgan fingerprint density at radius 2 is 2.00 bits per heavy atom. The molecule has 0 aromatic carbocycles. The molecule has 17 heavy (non-hydrogen) atoms. The molecule has 0 atom stereocenters. The summed E-state index contributed by atoms with van der Waals surface area (Å²) < 4.78 is 5.41. The molecule has 1 heterocycles. The molecule has 1 fully saturated rings. The van der Waals surface area contributed by atoms with Crippen LogP contribution in [-0.2, 0) is 0 Å². The summed E-state index contributed by atoms with van der Waals surface area (Å²) in [6.07, 6.45) is 2.31. The number of hydrogen-bond acceptors (Lipinski definition) is 6. The standard InChI is InChI=1S/C11H19N5O/c1-6(2)17-11-15-9(12)14-10(16-11)13-8-4-7(3)5-8/h6-8H,4-5H2,1-3H3,(H3,12,13,14,15,16). The number of aromatic nitrogens is 3. The predicted molar refractivity (Wildman–Crippen MR) is 65.8 cm³/mol. The summed E-state index contributed by atoms with van der Waals surface area (Å²) in [4.78, 5) is 12.2. The average Bonchev–Trinajstić information content (AvgIpc) is 2.12. The van der Waals surface area contributed by atoms with E-state index in [-0.39, 0.29) is 18.1 Å². The minimum Gasteiger partial charge on any atom is -0.461 e. The number of nitrogens with zero attached hydrogens (tertiary/aromatic N) is 3. The van der Waals surface area contributed by atoms with E-state index in [1.807, 2.05) is 13.8 Å². The van der Waals surface area contributed by atoms with Crippen LogP contribution in [0.25, 0.3) is 0 Å². The summed E-state index contributed by atoms with van der Waals surface area (Å²) in [5, 5.41) is 3.24. The lowest BCUT2D eigenvalue weighted by molar-refractivity contribution is 0.222. The van der Waals surface area contributed by atoms with Crippen LogP contribution in [0.15, 0.2) is 0 Å². The van der Waals surface area contributed by atoms with E-state index >= 15 is 0 Å². The van der Waals surface area contributed by atoms with Crippen molar-refractivity contribution < 1.29 is 4.74 Å². The summed E-state index contributed by atoms with van der Waals surface area (Å²) in [6, 6.07) is 0.723. The number of nitrogen functional groups attached to an aromatic ring is 1. The molecule has 1 aliphatic rings. The molecule has 0 amide bonds. The fourth-order valence-electron chi connectivity index (χ4n) is 1.90. The molecular weight excluding hydrogens is 218 g/mol. The maximum Gasteiger partial charge on any atom is 0.323 e. The van der Waals surface area contributed by atoms with Crippen LogP contribution < -0.4 is 15.8 Å². The highest BCUT2D eigenvalue weighted by atomic mass is 16.5. The number of nitrogens with one attached hydrogen (secondary N) is 1. The van der Waals surface area contributed by atoms with E-state index < -0.39 is 0 Å². The molecule has 0 radical (unpaired) electrons. The van der Waals surface area contributed by atoms with Gasteiger partial charge in [0.15, 0.2) is 0 Å². The molecule has 94 valence electrons. The van der Waals surface area contributed by atoms with Gasteiger partial charge in [0.2, 0.25) is 11.9 Å². The van der Waals surface area contributed by atoms with Gasteiger partial charge in [0.25, 0.3) is 0 Å². The van der Waals surface area contributed by atoms with Crippen LogP contribution >= 0.6 is 0 Å². The van der Waals surface area contributed by atoms with Crippen molar-refractivity contribution in [2.75, 3.05) is 11.1 Å². The minimum atomic E-state index is 0.0216. The highest BCUT2D eigenvalue weighted by Gasteiger charge is 2.26. The molecule has 1 aliphatic carbocycles. The highest BCUT2D eigenvalue weighted by Crippen LogP contribution is 2.28. The summed E-state index contributed by atoms with van der Waals surface area (Å²) in [6.45, 7) is 6.06. The Labute approximate surface area is 101 Å². The SMILES string of the molecule is CC1CC(Nc2nc(N)nc(OC(C)C)n2)C1. The Kier molecular flexibility index (Phi) is 3.31. The van der Waals surface area contributed by atoms with E-state index in [4.69, 9.17) is 10.5 Å². The fraction of sp³-hybridized carbons (Fsp3) is 0.727. The molecule has 0 unspecified atom stereocenters. The molecule has 0 saturated heterocycles. The summed E-state index contributed by atoms with van der Waals surface area (Å²) in [7, 11) is 0. The molecule has 1 aromatic rings. The predicted octanol–water partition coefficient (Wildman–Crippen LogP) is 1.45. The van der Waals surface area contributed by atoms with Gasteiger partial charge >= 0.3 is 6.01 Å². The lowest BCUT2D eigenvalue weighted by Gasteiger charge is -2.33. The number of hydrogen-bond donors (Lipinski definition) is 2. The highest BCUT2D eigenvalue weighted by molar-refractivity contribution is 5.34. The van der Waals surface area contributed by atoms with Crippen LogP contribution in [0, 0.1) is 5.92 Å². The first-order valence-corrected chi connectivity index (χ1v) is 5.97. The van der Waals surface area contributed by atoms with E-state index in [0.29, 0.717) is 12.0 Å². The van der Waals surface area contributed by atoms with Crippen molar-refractivity contribution in [3.63, 3.8) is 0 Å². The molecule has 2 rings (SSSR count). The Bertz CT molecular complexity index is 389. The van der Waals surface area contributed by atoms with Gasteiger partial charge in [-0.25, -0.2) is 0 Å². The molecule has 1 saturated carbocycles. The van der Waals surface area contributed by atoms with Crippen molar-refractivity contribution in [2.45, 2.75) is 45.8 Å². The van der Waals surface area contributed by atoms with Crippen molar-refractivity contribution in [3.8, 4) is 6.01 Å². The third-order valence-electron chi connectivity index (χ3n) is 2.68. The number of rotatable bonds is 4. The van der Waals surface area contributed by atoms with E-state index in [1.165, 1.54) is 0 Å². The van der Waals surface area contributed by atoms with Gasteiger partial charge in [-0.05, 0) is 32.6 Å². The normalized spacial score (nSPS) is 23.3. The quantitative estimate of drug-likeness (QED) is 0.824. The summed E-state index contributed by atoms with van der Waals surface area (Å²) in [5.41, 5.74) is 5.62. The van der Waals surface area contributed by atoms with Crippen LogP contribution in [0.3, 0.4) is 0 Å². The second-order valence-electron chi connectivity index (χ2n) is 4.88. The second kappa shape index (κ2) is 4.73. The first kappa shape index (κ1) is 11.9. The van der Waals surface area contributed by atoms with Crippen molar-refractivity contribution >= 4 is 11.9 Å². The topological polar surface area (TPSA) is 86.0 Å². The fourth-order valence-corrected chi connectivity index (χ4v) is 1.90. The van der Waals surface area contributed by atoms with Crippen LogP contribution in [0.2, 0.25) is 0 Å².